The second-order valence-corrected chi connectivity index (χ2v) is 7.62. The molecule has 132 valence electrons. The number of benzene rings is 1. The molecule has 3 rings (SSSR count). The van der Waals surface area contributed by atoms with Gasteiger partial charge in [-0.25, -0.2) is 0 Å². The van der Waals surface area contributed by atoms with E-state index < -0.39 is 0 Å². The van der Waals surface area contributed by atoms with Crippen LogP contribution >= 0.6 is 11.6 Å². The molecule has 3 N–H and O–H groups in total. The summed E-state index contributed by atoms with van der Waals surface area (Å²) in [6.45, 7) is 2.81. The van der Waals surface area contributed by atoms with E-state index >= 15 is 0 Å². The molecule has 5 heteroatoms. The van der Waals surface area contributed by atoms with Gasteiger partial charge in [0.05, 0.1) is 6.04 Å². The van der Waals surface area contributed by atoms with Crippen molar-refractivity contribution >= 4 is 17.5 Å². The quantitative estimate of drug-likeness (QED) is 0.858. The third kappa shape index (κ3) is 4.50. The van der Waals surface area contributed by atoms with Crippen LogP contribution in [-0.2, 0) is 4.79 Å². The van der Waals surface area contributed by atoms with Crippen molar-refractivity contribution in [3.8, 4) is 0 Å². The maximum absolute atomic E-state index is 12.5. The summed E-state index contributed by atoms with van der Waals surface area (Å²) >= 11 is 6.18. The highest BCUT2D eigenvalue weighted by molar-refractivity contribution is 6.30. The van der Waals surface area contributed by atoms with Gasteiger partial charge in [-0.2, -0.15) is 0 Å². The average molecular weight is 350 g/mol. The van der Waals surface area contributed by atoms with Crippen molar-refractivity contribution < 1.29 is 4.79 Å². The van der Waals surface area contributed by atoms with Crippen LogP contribution in [0.15, 0.2) is 24.3 Å². The summed E-state index contributed by atoms with van der Waals surface area (Å²) < 4.78 is 0. The zero-order valence-electron chi connectivity index (χ0n) is 14.2. The van der Waals surface area contributed by atoms with Crippen LogP contribution in [0.1, 0.15) is 50.1 Å². The van der Waals surface area contributed by atoms with Crippen LogP contribution in [0, 0.1) is 5.92 Å². The van der Waals surface area contributed by atoms with Gasteiger partial charge in [-0.05, 0) is 62.9 Å². The summed E-state index contributed by atoms with van der Waals surface area (Å²) in [5, 5.41) is 3.94. The molecule has 2 aliphatic rings. The molecule has 4 nitrogen and oxygen atoms in total. The number of hydrogen-bond acceptors (Lipinski definition) is 3. The average Bonchev–Trinajstić information content (AvgIpc) is 3.09. The fourth-order valence-corrected chi connectivity index (χ4v) is 4.23. The lowest BCUT2D eigenvalue weighted by molar-refractivity contribution is -0.126. The van der Waals surface area contributed by atoms with Gasteiger partial charge < -0.3 is 11.1 Å². The summed E-state index contributed by atoms with van der Waals surface area (Å²) in [5.74, 6) is 0.240. The van der Waals surface area contributed by atoms with Crippen LogP contribution in [-0.4, -0.2) is 36.5 Å². The van der Waals surface area contributed by atoms with Crippen molar-refractivity contribution in [3.63, 3.8) is 0 Å². The third-order valence-corrected chi connectivity index (χ3v) is 5.61. The zero-order chi connectivity index (χ0) is 16.9. The highest BCUT2D eigenvalue weighted by Gasteiger charge is 2.28. The van der Waals surface area contributed by atoms with Crippen molar-refractivity contribution in [1.29, 1.82) is 0 Å². The Morgan fingerprint density at radius 2 is 2.08 bits per heavy atom. The molecule has 3 atom stereocenters. The number of carbonyl (C=O) groups is 1. The van der Waals surface area contributed by atoms with E-state index in [1.54, 1.807) is 0 Å². The molecule has 0 aromatic heterocycles. The van der Waals surface area contributed by atoms with Gasteiger partial charge in [0.2, 0.25) is 5.91 Å². The van der Waals surface area contributed by atoms with E-state index in [2.05, 4.69) is 16.3 Å². The molecule has 1 amide bonds. The first-order valence-corrected chi connectivity index (χ1v) is 9.54. The van der Waals surface area contributed by atoms with Crippen LogP contribution in [0.2, 0.25) is 5.02 Å². The van der Waals surface area contributed by atoms with Crippen molar-refractivity contribution in [2.24, 2.45) is 11.7 Å². The van der Waals surface area contributed by atoms with Gasteiger partial charge in [-0.3, -0.25) is 9.69 Å². The first-order chi connectivity index (χ1) is 11.6. The van der Waals surface area contributed by atoms with Gasteiger partial charge in [0, 0.05) is 23.5 Å². The molecule has 1 saturated heterocycles. The molecule has 0 spiro atoms. The number of likely N-dealkylation sites (tertiary alicyclic amines) is 1. The normalized spacial score (nSPS) is 26.2. The maximum Gasteiger partial charge on any atom is 0.223 e. The SMILES string of the molecule is NC1CCCC(C(=O)NCC(c2cccc(Cl)c2)N2CCCC2)C1. The standard InChI is InChI=1S/C19H28ClN3O/c20-16-7-3-5-14(11-16)18(23-9-1-2-10-23)13-22-19(24)15-6-4-8-17(21)12-15/h3,5,7,11,15,17-18H,1-2,4,6,8-10,12-13,21H2,(H,22,24). The third-order valence-electron chi connectivity index (χ3n) is 5.37. The lowest BCUT2D eigenvalue weighted by Crippen LogP contribution is -2.41. The largest absolute Gasteiger partial charge is 0.354 e. The molecule has 1 heterocycles. The molecule has 3 unspecified atom stereocenters. The van der Waals surface area contributed by atoms with E-state index in [1.165, 1.54) is 18.4 Å². The molecular formula is C19H28ClN3O. The van der Waals surface area contributed by atoms with E-state index in [0.717, 1.165) is 43.8 Å². The van der Waals surface area contributed by atoms with E-state index in [4.69, 9.17) is 17.3 Å². The Balaban J connectivity index is 1.64. The highest BCUT2D eigenvalue weighted by atomic mass is 35.5. The summed E-state index contributed by atoms with van der Waals surface area (Å²) in [6, 6.07) is 8.39. The second kappa shape index (κ2) is 8.32. The molecule has 0 bridgehead atoms. The van der Waals surface area contributed by atoms with Gasteiger partial charge in [0.25, 0.3) is 0 Å². The van der Waals surface area contributed by atoms with Crippen LogP contribution in [0.25, 0.3) is 0 Å². The molecule has 1 saturated carbocycles. The van der Waals surface area contributed by atoms with Gasteiger partial charge in [-0.1, -0.05) is 30.2 Å². The monoisotopic (exact) mass is 349 g/mol. The summed E-state index contributed by atoms with van der Waals surface area (Å²) in [6.07, 6.45) is 6.33. The van der Waals surface area contributed by atoms with E-state index in [9.17, 15) is 4.79 Å². The van der Waals surface area contributed by atoms with Crippen molar-refractivity contribution in [2.75, 3.05) is 19.6 Å². The fourth-order valence-electron chi connectivity index (χ4n) is 4.03. The summed E-state index contributed by atoms with van der Waals surface area (Å²) in [4.78, 5) is 15.0. The Kier molecular flexibility index (Phi) is 6.14. The Labute approximate surface area is 149 Å². The number of carbonyl (C=O) groups excluding carboxylic acids is 1. The van der Waals surface area contributed by atoms with Crippen LogP contribution in [0.3, 0.4) is 0 Å². The predicted molar refractivity (Wildman–Crippen MR) is 97.9 cm³/mol. The molecule has 0 radical (unpaired) electrons. The Morgan fingerprint density at radius 3 is 2.79 bits per heavy atom. The second-order valence-electron chi connectivity index (χ2n) is 7.18. The fraction of sp³-hybridized carbons (Fsp3) is 0.632. The van der Waals surface area contributed by atoms with Crippen molar-refractivity contribution in [1.82, 2.24) is 10.2 Å². The zero-order valence-corrected chi connectivity index (χ0v) is 15.0. The van der Waals surface area contributed by atoms with Gasteiger partial charge in [-0.15, -0.1) is 0 Å². The lowest BCUT2D eigenvalue weighted by Gasteiger charge is -2.30. The minimum absolute atomic E-state index is 0.0762. The topological polar surface area (TPSA) is 58.4 Å². The number of halogens is 1. The van der Waals surface area contributed by atoms with Gasteiger partial charge in [0.15, 0.2) is 0 Å². The molecule has 1 aliphatic carbocycles. The Morgan fingerprint density at radius 1 is 1.29 bits per heavy atom. The minimum Gasteiger partial charge on any atom is -0.354 e. The molecule has 1 aliphatic heterocycles. The lowest BCUT2D eigenvalue weighted by atomic mass is 9.85. The number of hydrogen-bond donors (Lipinski definition) is 2. The molecule has 1 aromatic rings. The van der Waals surface area contributed by atoms with Crippen molar-refractivity contribution in [2.45, 2.75) is 50.6 Å². The Bertz CT molecular complexity index is 559. The van der Waals surface area contributed by atoms with Crippen LogP contribution < -0.4 is 11.1 Å². The first-order valence-electron chi connectivity index (χ1n) is 9.16. The summed E-state index contributed by atoms with van der Waals surface area (Å²) in [7, 11) is 0. The first kappa shape index (κ1) is 17.7. The highest BCUT2D eigenvalue weighted by Crippen LogP contribution is 2.27. The molecule has 2 fully saturated rings. The maximum atomic E-state index is 12.5. The summed E-state index contributed by atoms with van der Waals surface area (Å²) in [5.41, 5.74) is 7.21. The van der Waals surface area contributed by atoms with Crippen LogP contribution in [0.4, 0.5) is 0 Å². The Hall–Kier alpha value is -1.10. The smallest absolute Gasteiger partial charge is 0.223 e. The number of nitrogens with zero attached hydrogens (tertiary/aromatic N) is 1. The van der Waals surface area contributed by atoms with E-state index in [1.807, 2.05) is 18.2 Å². The number of nitrogens with two attached hydrogens (primary N) is 1. The molecule has 1 aromatic carbocycles. The van der Waals surface area contributed by atoms with Crippen LogP contribution in [0.5, 0.6) is 0 Å². The molecular weight excluding hydrogens is 322 g/mol. The minimum atomic E-state index is 0.0762. The number of amides is 1. The van der Waals surface area contributed by atoms with Gasteiger partial charge in [0.1, 0.15) is 0 Å². The number of rotatable bonds is 5. The van der Waals surface area contributed by atoms with E-state index in [0.29, 0.717) is 6.54 Å². The molecule has 24 heavy (non-hydrogen) atoms. The predicted octanol–water partition coefficient (Wildman–Crippen LogP) is 3.11. The van der Waals surface area contributed by atoms with Crippen molar-refractivity contribution in [3.05, 3.63) is 34.9 Å². The van der Waals surface area contributed by atoms with E-state index in [-0.39, 0.29) is 23.9 Å². The van der Waals surface area contributed by atoms with Gasteiger partial charge >= 0.3 is 0 Å². The number of nitrogens with one attached hydrogen (secondary N) is 1.